The van der Waals surface area contributed by atoms with Crippen LogP contribution in [0, 0.1) is 22.7 Å². The number of carbonyl (C=O) groups is 6. The zero-order valence-corrected chi connectivity index (χ0v) is 35.2. The summed E-state index contributed by atoms with van der Waals surface area (Å²) in [6.45, 7) is 14.7. The van der Waals surface area contributed by atoms with Crippen LogP contribution in [0.3, 0.4) is 0 Å². The molecule has 11 atom stereocenters. The number of aliphatic hydroxyl groups excluding tert-OH is 2. The molecule has 1 aliphatic heterocycles. The van der Waals surface area contributed by atoms with E-state index in [1.165, 1.54) is 32.9 Å². The van der Waals surface area contributed by atoms with Crippen molar-refractivity contribution < 1.29 is 72.5 Å². The highest BCUT2D eigenvalue weighted by molar-refractivity contribution is 5.95. The maximum absolute atomic E-state index is 15.4. The molecular formula is C42H61NO15. The van der Waals surface area contributed by atoms with Gasteiger partial charge in [-0.25, -0.2) is 9.59 Å². The third-order valence-corrected chi connectivity index (χ3v) is 13.0. The van der Waals surface area contributed by atoms with Crippen LogP contribution in [0.1, 0.15) is 114 Å². The van der Waals surface area contributed by atoms with Gasteiger partial charge in [-0.05, 0) is 65.5 Å². The zero-order valence-electron chi connectivity index (χ0n) is 35.2. The summed E-state index contributed by atoms with van der Waals surface area (Å²) in [5.74, 6) is -6.36. The number of allylic oxidation sites excluding steroid dienone is 1. The highest BCUT2D eigenvalue weighted by atomic mass is 16.6. The van der Waals surface area contributed by atoms with Gasteiger partial charge in [0.25, 0.3) is 0 Å². The van der Waals surface area contributed by atoms with Gasteiger partial charge in [-0.3, -0.25) is 19.2 Å². The summed E-state index contributed by atoms with van der Waals surface area (Å²) in [6.07, 6.45) is -4.69. The van der Waals surface area contributed by atoms with Gasteiger partial charge in [0.05, 0.1) is 36.0 Å². The maximum Gasteiger partial charge on any atom is 0.408 e. The summed E-state index contributed by atoms with van der Waals surface area (Å²) in [7, 11) is 0. The molecule has 1 saturated heterocycles. The molecule has 4 aliphatic carbocycles. The minimum atomic E-state index is -2.31. The first-order valence-corrected chi connectivity index (χ1v) is 20.2. The van der Waals surface area contributed by atoms with Crippen molar-refractivity contribution in [2.75, 3.05) is 6.61 Å². The summed E-state index contributed by atoms with van der Waals surface area (Å²) in [4.78, 5) is 82.1. The molecular weight excluding hydrogens is 758 g/mol. The number of amides is 1. The van der Waals surface area contributed by atoms with E-state index >= 15 is 4.79 Å². The van der Waals surface area contributed by atoms with Gasteiger partial charge in [-0.15, -0.1) is 0 Å². The first-order valence-electron chi connectivity index (χ1n) is 20.2. The number of ketones is 1. The molecule has 5 aliphatic rings. The third kappa shape index (κ3) is 7.93. The molecule has 58 heavy (non-hydrogen) atoms. The number of alkyl carbamates (subject to hydrolysis) is 1. The fraction of sp³-hybridized carbons (Fsp3) is 0.762. The van der Waals surface area contributed by atoms with Gasteiger partial charge in [0.15, 0.2) is 23.6 Å². The van der Waals surface area contributed by atoms with Gasteiger partial charge in [0, 0.05) is 32.1 Å². The number of rotatable bonds is 9. The number of fused-ring (bicyclic) bond motifs is 5. The highest BCUT2D eigenvalue weighted by Gasteiger charge is 2.78. The van der Waals surface area contributed by atoms with Crippen LogP contribution in [0.2, 0.25) is 0 Å². The van der Waals surface area contributed by atoms with Crippen molar-refractivity contribution in [3.05, 3.63) is 23.3 Å². The predicted octanol–water partition coefficient (Wildman–Crippen LogP) is 3.30. The molecule has 0 spiro atoms. The third-order valence-electron chi connectivity index (χ3n) is 13.0. The van der Waals surface area contributed by atoms with Crippen molar-refractivity contribution in [3.8, 4) is 0 Å². The Morgan fingerprint density at radius 1 is 0.983 bits per heavy atom. The van der Waals surface area contributed by atoms with Gasteiger partial charge in [-0.2, -0.15) is 0 Å². The van der Waals surface area contributed by atoms with E-state index in [0.717, 1.165) is 26.2 Å². The molecule has 16 nitrogen and oxygen atoms in total. The van der Waals surface area contributed by atoms with Crippen LogP contribution in [-0.2, 0) is 52.4 Å². The zero-order chi connectivity index (χ0) is 43.3. The van der Waals surface area contributed by atoms with Crippen molar-refractivity contribution in [1.82, 2.24) is 5.32 Å². The number of nitrogens with one attached hydrogen (secondary N) is 1. The number of ether oxygens (including phenoxy) is 6. The van der Waals surface area contributed by atoms with Crippen molar-refractivity contribution >= 4 is 35.8 Å². The molecule has 16 heteroatoms. The van der Waals surface area contributed by atoms with Crippen LogP contribution in [0.4, 0.5) is 4.79 Å². The van der Waals surface area contributed by atoms with Gasteiger partial charge < -0.3 is 49.1 Å². The van der Waals surface area contributed by atoms with Crippen molar-refractivity contribution in [2.45, 2.75) is 174 Å². The monoisotopic (exact) mass is 819 g/mol. The number of aliphatic hydroxyl groups is 3. The second-order valence-corrected chi connectivity index (χ2v) is 18.3. The number of esters is 4. The average Bonchev–Trinajstić information content (AvgIpc) is 3.11. The topological polar surface area (TPSA) is 231 Å². The fourth-order valence-corrected chi connectivity index (χ4v) is 10.1. The van der Waals surface area contributed by atoms with Crippen molar-refractivity contribution in [3.63, 3.8) is 0 Å². The Morgan fingerprint density at radius 2 is 1.62 bits per heavy atom. The Bertz CT molecular complexity index is 1720. The lowest BCUT2D eigenvalue weighted by atomic mass is 9.44. The lowest BCUT2D eigenvalue weighted by Gasteiger charge is -2.67. The molecule has 2 bridgehead atoms. The Morgan fingerprint density at radius 3 is 2.16 bits per heavy atom. The van der Waals surface area contributed by atoms with E-state index in [4.69, 9.17) is 28.4 Å². The smallest absolute Gasteiger partial charge is 0.408 e. The largest absolute Gasteiger partial charge is 0.459 e. The van der Waals surface area contributed by atoms with E-state index in [9.17, 15) is 39.3 Å². The van der Waals surface area contributed by atoms with E-state index < -0.39 is 124 Å². The van der Waals surface area contributed by atoms with Crippen LogP contribution in [-0.4, -0.2) is 117 Å². The SMILES string of the molecule is C/C=C/[C@H](NC(=O)OC(C)(C)C)[C@@H](O)C(=O)O[C@H]1C[C@@]2(O)[C@@H](OC(=O)C3CCCCC3)C3[C@](C)(C(=O)[C@H](OC(C)=O)C(=C1C)C2(C)C)[C@@H](O)C[C@H]1OC[C@@]31OC(C)=O. The molecule has 4 N–H and O–H groups in total. The number of hydrogen-bond acceptors (Lipinski definition) is 15. The molecule has 1 amide bonds. The molecule has 5 rings (SSSR count). The van der Waals surface area contributed by atoms with Crippen molar-refractivity contribution in [1.29, 1.82) is 0 Å². The lowest BCUT2D eigenvalue weighted by molar-refractivity contribution is -0.347. The molecule has 0 radical (unpaired) electrons. The molecule has 0 aromatic heterocycles. The molecule has 3 saturated carbocycles. The Balaban J connectivity index is 1.71. The van der Waals surface area contributed by atoms with E-state index in [-0.39, 0.29) is 24.2 Å². The summed E-state index contributed by atoms with van der Waals surface area (Å²) in [5, 5.41) is 39.4. The molecule has 0 aromatic carbocycles. The minimum Gasteiger partial charge on any atom is -0.459 e. The Labute approximate surface area is 339 Å². The van der Waals surface area contributed by atoms with Gasteiger partial charge >= 0.3 is 30.0 Å². The Hall–Kier alpha value is -3.86. The number of Topliss-reactive ketones (excluding diaryl/α,β-unsaturated/α-hetero) is 1. The molecule has 1 heterocycles. The molecule has 1 unspecified atom stereocenters. The van der Waals surface area contributed by atoms with E-state index in [0.29, 0.717) is 12.8 Å². The number of carbonyl (C=O) groups excluding carboxylic acids is 6. The first kappa shape index (κ1) is 45.2. The highest BCUT2D eigenvalue weighted by Crippen LogP contribution is 2.64. The standard InChI is InChI=1S/C42H61NO15/c1-11-15-25(43-37(51)58-38(5,6)7)30(47)36(50)55-26-19-42(52)34(56-35(49)24-16-13-12-14-17-24)32-40(10,27(46)18-28-41(32,20-53-28)57-23(4)45)33(48)31(54-22(3)44)29(21(26)2)39(42,8)9/h11,15,24-28,30-32,34,46-47,52H,12-14,16-20H2,1-10H3,(H,43,51)/b15-11+/t25-,26-,27-,28+,30+,31+,32?,34-,40+,41-,42+/m0/s1. The molecule has 324 valence electrons. The predicted molar refractivity (Wildman–Crippen MR) is 203 cm³/mol. The van der Waals surface area contributed by atoms with Crippen LogP contribution in [0.15, 0.2) is 23.3 Å². The second kappa shape index (κ2) is 16.3. The quantitative estimate of drug-likeness (QED) is 0.149. The normalized spacial score (nSPS) is 35.8. The van der Waals surface area contributed by atoms with Gasteiger partial charge in [0.2, 0.25) is 0 Å². The minimum absolute atomic E-state index is 0.0322. The average molecular weight is 820 g/mol. The van der Waals surface area contributed by atoms with Gasteiger partial charge in [0.1, 0.15) is 29.5 Å². The van der Waals surface area contributed by atoms with Crippen LogP contribution < -0.4 is 5.32 Å². The summed E-state index contributed by atoms with van der Waals surface area (Å²) >= 11 is 0. The van der Waals surface area contributed by atoms with Gasteiger partial charge in [-0.1, -0.05) is 45.3 Å². The second-order valence-electron chi connectivity index (χ2n) is 18.3. The van der Waals surface area contributed by atoms with E-state index in [1.807, 2.05) is 0 Å². The maximum atomic E-state index is 15.4. The van der Waals surface area contributed by atoms with E-state index in [1.54, 1.807) is 41.5 Å². The van der Waals surface area contributed by atoms with Crippen LogP contribution >= 0.6 is 0 Å². The first-order chi connectivity index (χ1) is 26.8. The summed E-state index contributed by atoms with van der Waals surface area (Å²) < 4.78 is 35.5. The van der Waals surface area contributed by atoms with Crippen molar-refractivity contribution in [2.24, 2.45) is 22.7 Å². The van der Waals surface area contributed by atoms with Crippen LogP contribution in [0.5, 0.6) is 0 Å². The fourth-order valence-electron chi connectivity index (χ4n) is 10.1. The molecule has 4 fully saturated rings. The summed E-state index contributed by atoms with van der Waals surface area (Å²) in [5.41, 5.74) is -8.28. The van der Waals surface area contributed by atoms with E-state index in [2.05, 4.69) is 5.32 Å². The number of hydrogen-bond donors (Lipinski definition) is 4. The molecule has 0 aromatic rings. The summed E-state index contributed by atoms with van der Waals surface area (Å²) in [6, 6.07) is -1.32. The lowest BCUT2D eigenvalue weighted by Crippen LogP contribution is -2.82. The Kier molecular flexibility index (Phi) is 12.7. The van der Waals surface area contributed by atoms with Crippen LogP contribution in [0.25, 0.3) is 0 Å².